The van der Waals surface area contributed by atoms with E-state index < -0.39 is 65.8 Å². The van der Waals surface area contributed by atoms with Crippen molar-refractivity contribution in [1.29, 1.82) is 0 Å². The number of fused-ring (bicyclic) bond motifs is 6. The molecule has 3 nitrogen and oxygen atoms in total. The SMILES string of the molecule is [2H]C([2H])(c1c[c-]c(-c2cc(-c3ccc4c5ccccc5c5ccccc5c4c3)ccn2)cc1)C([2H])([2H])c1cc(C([2H])([2H])C([2H])([2H])c2c[c-]cc(C(C)(C)C)c2)cc(C([2H])([2H])C([2H])([2H])c2c[c-]cc(C(C)(C)C)c2)c1.[C-]#[O+].[C-]#[O+].[Ir+3]. The molecular weight excluding hydrogens is 995 g/mol. The molecule has 1 heterocycles. The Hall–Kier alpha value is -6.18. The second kappa shape index (κ2) is 22.5. The normalized spacial score (nSPS) is 15.2. The fourth-order valence-corrected chi connectivity index (χ4v) is 7.74. The summed E-state index contributed by atoms with van der Waals surface area (Å²) in [5, 5.41) is 6.90. The third-order valence-electron chi connectivity index (χ3n) is 11.2. The van der Waals surface area contributed by atoms with Crippen LogP contribution >= 0.6 is 0 Å². The number of aryl methyl sites for hydroxylation is 6. The van der Waals surface area contributed by atoms with Gasteiger partial charge in [-0.25, -0.2) is 0 Å². The standard InChI is InChI=1S/C61H56N.2CO.Ir/c1-60(2,3)51-15-11-13-43(38-51)22-25-46-35-45(36-47(37-46)26-23-44-14-12-16-52(39-44)61(4,5)6)24-21-42-27-29-48(30-28-42)59-41-50(33-34-62-59)49-31-32-57-55-19-8-7-17-53(55)54-18-9-10-20-56(54)58(57)40-49;2*1-2;/h7-10,13-20,27-29,31-41H,21-26H2,1-6H3;;;/q-3;;;+3/i21D2,22D2,23D2,24D2,25D2,26D2;;;. The molecule has 0 aliphatic carbocycles. The molecule has 1 aromatic heterocycles. The molecule has 0 radical (unpaired) electrons. The van der Waals surface area contributed by atoms with Crippen LogP contribution in [0.25, 0.3) is 54.7 Å². The Labute approximate surface area is 428 Å². The van der Waals surface area contributed by atoms with Crippen LogP contribution in [0.5, 0.6) is 0 Å². The summed E-state index contributed by atoms with van der Waals surface area (Å²) in [5.41, 5.74) is 1.58. The Morgan fingerprint density at radius 3 is 1.34 bits per heavy atom. The van der Waals surface area contributed by atoms with Crippen LogP contribution in [0.2, 0.25) is 0 Å². The zero-order valence-electron chi connectivity index (χ0n) is 50.1. The molecule has 0 N–H and O–H groups in total. The molecule has 0 bridgehead atoms. The van der Waals surface area contributed by atoms with E-state index in [-0.39, 0.29) is 36.8 Å². The van der Waals surface area contributed by atoms with Gasteiger partial charge in [0.05, 0.1) is 0 Å². The minimum Gasteiger partial charge on any atom is 3.00 e. The smallest absolute Gasteiger partial charge is 3.00 e. The van der Waals surface area contributed by atoms with Crippen LogP contribution in [-0.4, -0.2) is 4.98 Å². The van der Waals surface area contributed by atoms with Crippen molar-refractivity contribution < 1.29 is 45.9 Å². The Balaban J connectivity index is 0.00000197. The van der Waals surface area contributed by atoms with Crippen LogP contribution < -0.4 is 0 Å². The van der Waals surface area contributed by atoms with Crippen molar-refractivity contribution in [3.63, 3.8) is 0 Å². The molecule has 9 aromatic rings. The topological polar surface area (TPSA) is 52.7 Å². The van der Waals surface area contributed by atoms with E-state index in [1.807, 2.05) is 71.9 Å². The van der Waals surface area contributed by atoms with E-state index in [4.69, 9.17) is 9.30 Å². The van der Waals surface area contributed by atoms with Crippen LogP contribution in [0.4, 0.5) is 0 Å². The van der Waals surface area contributed by atoms with E-state index in [9.17, 15) is 16.4 Å². The Kier molecular flexibility index (Phi) is 12.1. The van der Waals surface area contributed by atoms with Crippen molar-refractivity contribution >= 4 is 32.3 Å². The molecule has 0 saturated heterocycles. The molecule has 0 aliphatic heterocycles. The van der Waals surface area contributed by atoms with E-state index in [2.05, 4.69) is 85.0 Å². The summed E-state index contributed by atoms with van der Waals surface area (Å²) in [4.78, 5) is 4.62. The van der Waals surface area contributed by atoms with Crippen LogP contribution in [0.15, 0.2) is 158 Å². The first-order chi connectivity index (χ1) is 36.5. The van der Waals surface area contributed by atoms with Gasteiger partial charge in [-0.2, -0.15) is 70.8 Å². The maximum Gasteiger partial charge on any atom is 3.00 e. The van der Waals surface area contributed by atoms with E-state index in [1.54, 1.807) is 36.5 Å². The molecule has 8 aromatic carbocycles. The molecule has 4 heteroatoms. The molecule has 0 fully saturated rings. The van der Waals surface area contributed by atoms with Crippen LogP contribution in [0, 0.1) is 31.5 Å². The zero-order chi connectivity index (χ0) is 57.6. The average molecular weight is 1060 g/mol. The predicted octanol–water partition coefficient (Wildman–Crippen LogP) is 15.1. The number of benzene rings is 8. The Morgan fingerprint density at radius 1 is 0.448 bits per heavy atom. The maximum absolute atomic E-state index is 9.56. The number of nitrogens with zero attached hydrogens (tertiary/aromatic N) is 1. The summed E-state index contributed by atoms with van der Waals surface area (Å²) in [6.07, 6.45) is -15.9. The number of pyridine rings is 1. The van der Waals surface area contributed by atoms with Crippen molar-refractivity contribution in [3.8, 4) is 22.4 Å². The quantitative estimate of drug-likeness (QED) is 0.0723. The van der Waals surface area contributed by atoms with Gasteiger partial charge in [0, 0.05) is 22.6 Å². The molecule has 0 aliphatic rings. The summed E-state index contributed by atoms with van der Waals surface area (Å²) in [6, 6.07) is 52.6. The molecule has 9 rings (SSSR count). The molecular formula is C63H56IrNO2. The number of aromatic nitrogens is 1. The minimum absolute atomic E-state index is 0. The largest absolute Gasteiger partial charge is 3.00 e. The predicted molar refractivity (Wildman–Crippen MR) is 271 cm³/mol. The van der Waals surface area contributed by atoms with Gasteiger partial charge in [-0.15, -0.1) is 35.4 Å². The van der Waals surface area contributed by atoms with Crippen LogP contribution in [-0.2, 0) is 78.5 Å². The third-order valence-corrected chi connectivity index (χ3v) is 11.2. The average Bonchev–Trinajstić information content (AvgIpc) is 3.60. The summed E-state index contributed by atoms with van der Waals surface area (Å²) < 4.78 is 128. The second-order valence-electron chi connectivity index (χ2n) is 17.8. The van der Waals surface area contributed by atoms with Gasteiger partial charge in [-0.1, -0.05) is 156 Å². The summed E-state index contributed by atoms with van der Waals surface area (Å²) in [7, 11) is 0. The molecule has 0 atom stereocenters. The molecule has 0 saturated carbocycles. The van der Waals surface area contributed by atoms with Gasteiger partial charge in [-0.3, -0.25) is 0 Å². The van der Waals surface area contributed by atoms with Crippen molar-refractivity contribution in [2.24, 2.45) is 0 Å². The number of rotatable bonds is 11. The van der Waals surface area contributed by atoms with Crippen molar-refractivity contribution in [3.05, 3.63) is 234 Å². The van der Waals surface area contributed by atoms with Gasteiger partial charge < -0.3 is 4.98 Å². The summed E-state index contributed by atoms with van der Waals surface area (Å²) in [6.45, 7) is 20.6. The fraction of sp³-hybridized carbons (Fsp3) is 0.222. The Morgan fingerprint density at radius 2 is 0.881 bits per heavy atom. The monoisotopic (exact) mass is 1060 g/mol. The zero-order valence-corrected chi connectivity index (χ0v) is 40.5. The second-order valence-corrected chi connectivity index (χ2v) is 17.8. The fourth-order valence-electron chi connectivity index (χ4n) is 7.74. The molecule has 67 heavy (non-hydrogen) atoms. The number of hydrogen-bond donors (Lipinski definition) is 0. The molecule has 0 unspecified atom stereocenters. The molecule has 334 valence electrons. The van der Waals surface area contributed by atoms with E-state index in [0.29, 0.717) is 22.4 Å². The summed E-state index contributed by atoms with van der Waals surface area (Å²) in [5.74, 6) is 0. The van der Waals surface area contributed by atoms with E-state index in [0.717, 1.165) is 56.3 Å². The minimum atomic E-state index is -3.05. The Bertz CT molecular complexity index is 3590. The molecule has 0 spiro atoms. The van der Waals surface area contributed by atoms with Crippen molar-refractivity contribution in [2.45, 2.75) is 90.6 Å². The first kappa shape index (κ1) is 35.9. The van der Waals surface area contributed by atoms with Gasteiger partial charge in [0.2, 0.25) is 0 Å². The van der Waals surface area contributed by atoms with Crippen LogP contribution in [0.3, 0.4) is 0 Å². The third kappa shape index (κ3) is 12.2. The van der Waals surface area contributed by atoms with E-state index >= 15 is 0 Å². The van der Waals surface area contributed by atoms with Crippen molar-refractivity contribution in [1.82, 2.24) is 4.98 Å². The summed E-state index contributed by atoms with van der Waals surface area (Å²) >= 11 is 0. The van der Waals surface area contributed by atoms with Gasteiger partial charge >= 0.3 is 42.7 Å². The van der Waals surface area contributed by atoms with Gasteiger partial charge in [0.25, 0.3) is 0 Å². The molecule has 0 amide bonds. The van der Waals surface area contributed by atoms with Crippen LogP contribution in [0.1, 0.15) is 102 Å². The van der Waals surface area contributed by atoms with Crippen molar-refractivity contribution in [2.75, 3.05) is 0 Å². The van der Waals surface area contributed by atoms with E-state index in [1.165, 1.54) is 29.7 Å². The number of hydrogen-bond acceptors (Lipinski definition) is 1. The van der Waals surface area contributed by atoms with Gasteiger partial charge in [-0.05, 0) is 97.1 Å². The van der Waals surface area contributed by atoms with Gasteiger partial charge in [0.1, 0.15) is 0 Å². The van der Waals surface area contributed by atoms with Gasteiger partial charge in [0.15, 0.2) is 0 Å². The first-order valence-corrected chi connectivity index (χ1v) is 21.4. The maximum atomic E-state index is 9.56. The first-order valence-electron chi connectivity index (χ1n) is 27.4.